The number of nitrogens with one attached hydrogen (secondary N) is 2. The summed E-state index contributed by atoms with van der Waals surface area (Å²) >= 11 is 1.25. The van der Waals surface area contributed by atoms with Crippen LogP contribution < -0.4 is 10.2 Å². The van der Waals surface area contributed by atoms with Gasteiger partial charge in [-0.2, -0.15) is 0 Å². The molecule has 0 amide bonds. The highest BCUT2D eigenvalue weighted by Crippen LogP contribution is 2.21. The van der Waals surface area contributed by atoms with E-state index in [9.17, 15) is 4.79 Å². The lowest BCUT2D eigenvalue weighted by molar-refractivity contribution is 0.0618. The minimum Gasteiger partial charge on any atom is -0.315 e. The number of piperazine rings is 1. The predicted octanol–water partition coefficient (Wildman–Crippen LogP) is 1.64. The zero-order valence-electron chi connectivity index (χ0n) is 11.6. The highest BCUT2D eigenvalue weighted by Gasteiger charge is 2.33. The molecule has 0 saturated carbocycles. The topological polar surface area (TPSA) is 48.1 Å². The normalized spacial score (nSPS) is 24.6. The second-order valence-corrected chi connectivity index (χ2v) is 7.00. The fourth-order valence-corrected chi connectivity index (χ4v) is 3.20. The summed E-state index contributed by atoms with van der Waals surface area (Å²) in [5.41, 5.74) is 1.18. The maximum atomic E-state index is 11.2. The van der Waals surface area contributed by atoms with Gasteiger partial charge in [-0.05, 0) is 19.8 Å². The van der Waals surface area contributed by atoms with Gasteiger partial charge in [-0.3, -0.25) is 9.69 Å². The third kappa shape index (κ3) is 3.22. The Bertz CT molecular complexity index is 449. The molecule has 1 aromatic heterocycles. The number of aromatic amines is 1. The Morgan fingerprint density at radius 1 is 1.56 bits per heavy atom. The molecule has 1 aliphatic rings. The molecule has 0 bridgehead atoms. The van der Waals surface area contributed by atoms with Crippen molar-refractivity contribution >= 4 is 11.3 Å². The molecule has 4 nitrogen and oxygen atoms in total. The van der Waals surface area contributed by atoms with Gasteiger partial charge >= 0.3 is 4.87 Å². The van der Waals surface area contributed by atoms with Crippen molar-refractivity contribution in [1.29, 1.82) is 0 Å². The number of H-pyrrole nitrogens is 1. The van der Waals surface area contributed by atoms with Gasteiger partial charge in [-0.1, -0.05) is 25.2 Å². The lowest BCUT2D eigenvalue weighted by Crippen LogP contribution is -2.62. The summed E-state index contributed by atoms with van der Waals surface area (Å²) < 4.78 is 0. The van der Waals surface area contributed by atoms with Gasteiger partial charge in [0.15, 0.2) is 0 Å². The predicted molar refractivity (Wildman–Crippen MR) is 76.1 cm³/mol. The maximum Gasteiger partial charge on any atom is 0.304 e. The van der Waals surface area contributed by atoms with Gasteiger partial charge in [0.2, 0.25) is 0 Å². The first-order chi connectivity index (χ1) is 8.37. The number of rotatable bonds is 3. The summed E-state index contributed by atoms with van der Waals surface area (Å²) in [5.74, 6) is 0.610. The van der Waals surface area contributed by atoms with Crippen molar-refractivity contribution in [3.63, 3.8) is 0 Å². The third-order valence-electron chi connectivity index (χ3n) is 3.57. The van der Waals surface area contributed by atoms with E-state index in [2.05, 4.69) is 42.9 Å². The zero-order valence-corrected chi connectivity index (χ0v) is 12.4. The highest BCUT2D eigenvalue weighted by atomic mass is 32.1. The van der Waals surface area contributed by atoms with E-state index in [1.54, 1.807) is 0 Å². The average Bonchev–Trinajstić information content (AvgIpc) is 2.62. The van der Waals surface area contributed by atoms with Gasteiger partial charge in [0.1, 0.15) is 0 Å². The molecular weight excluding hydrogens is 246 g/mol. The summed E-state index contributed by atoms with van der Waals surface area (Å²) in [5, 5.41) is 5.54. The lowest BCUT2D eigenvalue weighted by Gasteiger charge is -2.46. The van der Waals surface area contributed by atoms with Gasteiger partial charge < -0.3 is 10.3 Å². The Hall–Kier alpha value is -0.650. The van der Waals surface area contributed by atoms with E-state index < -0.39 is 0 Å². The lowest BCUT2D eigenvalue weighted by atomic mass is 9.93. The molecule has 18 heavy (non-hydrogen) atoms. The number of hydrogen-bond acceptors (Lipinski definition) is 4. The van der Waals surface area contributed by atoms with E-state index in [0.29, 0.717) is 12.0 Å². The second kappa shape index (κ2) is 5.15. The number of thiazole rings is 1. The van der Waals surface area contributed by atoms with Gasteiger partial charge in [-0.25, -0.2) is 0 Å². The summed E-state index contributed by atoms with van der Waals surface area (Å²) in [6.07, 6.45) is 0. The van der Waals surface area contributed by atoms with Crippen LogP contribution in [0.15, 0.2) is 10.2 Å². The first kappa shape index (κ1) is 13.8. The van der Waals surface area contributed by atoms with Crippen LogP contribution in [0.5, 0.6) is 0 Å². The van der Waals surface area contributed by atoms with Gasteiger partial charge in [0.05, 0.1) is 0 Å². The van der Waals surface area contributed by atoms with Crippen molar-refractivity contribution in [3.8, 4) is 0 Å². The SMILES string of the molecule is CC(C)C1CNC(C)(C)CN1Cc1csc(=O)[nH]1. The Kier molecular flexibility index (Phi) is 3.94. The first-order valence-corrected chi connectivity index (χ1v) is 7.41. The summed E-state index contributed by atoms with van der Waals surface area (Å²) in [4.78, 5) is 16.6. The molecule has 0 aliphatic carbocycles. The van der Waals surface area contributed by atoms with E-state index in [-0.39, 0.29) is 10.4 Å². The fourth-order valence-electron chi connectivity index (χ4n) is 2.63. The molecule has 0 spiro atoms. The minimum absolute atomic E-state index is 0.0421. The van der Waals surface area contributed by atoms with E-state index in [1.165, 1.54) is 11.3 Å². The van der Waals surface area contributed by atoms with Gasteiger partial charge in [0.25, 0.3) is 0 Å². The van der Waals surface area contributed by atoms with Crippen LogP contribution in [0.1, 0.15) is 33.4 Å². The highest BCUT2D eigenvalue weighted by molar-refractivity contribution is 7.07. The molecule has 2 N–H and O–H groups in total. The standard InChI is InChI=1S/C13H23N3OS/c1-9(2)11-5-14-13(3,4)8-16(11)6-10-7-18-12(17)15-10/h7,9,11,14H,5-6,8H2,1-4H3,(H,15,17). The molecule has 0 radical (unpaired) electrons. The molecule has 0 aromatic carbocycles. The molecule has 1 aromatic rings. The van der Waals surface area contributed by atoms with Crippen LogP contribution in [0, 0.1) is 5.92 Å². The molecule has 1 unspecified atom stereocenters. The van der Waals surface area contributed by atoms with Crippen LogP contribution in [0.2, 0.25) is 0 Å². The van der Waals surface area contributed by atoms with Crippen molar-refractivity contribution in [2.24, 2.45) is 5.92 Å². The summed E-state index contributed by atoms with van der Waals surface area (Å²) in [7, 11) is 0. The van der Waals surface area contributed by atoms with Crippen LogP contribution in [0.3, 0.4) is 0 Å². The Morgan fingerprint density at radius 2 is 2.28 bits per heavy atom. The molecular formula is C13H23N3OS. The molecule has 2 heterocycles. The van der Waals surface area contributed by atoms with E-state index in [0.717, 1.165) is 25.3 Å². The molecule has 1 fully saturated rings. The summed E-state index contributed by atoms with van der Waals surface area (Å²) in [6.45, 7) is 11.8. The van der Waals surface area contributed by atoms with Crippen LogP contribution in [-0.4, -0.2) is 34.6 Å². The number of aromatic nitrogens is 1. The largest absolute Gasteiger partial charge is 0.315 e. The quantitative estimate of drug-likeness (QED) is 0.877. The molecule has 1 atom stereocenters. The maximum absolute atomic E-state index is 11.2. The van der Waals surface area contributed by atoms with Crippen LogP contribution in [0.4, 0.5) is 0 Å². The van der Waals surface area contributed by atoms with Crippen LogP contribution in [-0.2, 0) is 6.54 Å². The van der Waals surface area contributed by atoms with E-state index >= 15 is 0 Å². The third-order valence-corrected chi connectivity index (χ3v) is 4.29. The Morgan fingerprint density at radius 3 is 2.83 bits per heavy atom. The van der Waals surface area contributed by atoms with Gasteiger partial charge in [0, 0.05) is 42.3 Å². The van der Waals surface area contributed by atoms with Crippen molar-refractivity contribution in [2.45, 2.75) is 45.8 Å². The second-order valence-electron chi connectivity index (χ2n) is 6.15. The van der Waals surface area contributed by atoms with Crippen LogP contribution in [0.25, 0.3) is 0 Å². The fraction of sp³-hybridized carbons (Fsp3) is 0.769. The van der Waals surface area contributed by atoms with Crippen molar-refractivity contribution in [3.05, 3.63) is 20.7 Å². The van der Waals surface area contributed by atoms with Crippen molar-refractivity contribution in [2.75, 3.05) is 13.1 Å². The zero-order chi connectivity index (χ0) is 13.3. The van der Waals surface area contributed by atoms with Crippen molar-refractivity contribution < 1.29 is 0 Å². The molecule has 5 heteroatoms. The van der Waals surface area contributed by atoms with Crippen molar-refractivity contribution in [1.82, 2.24) is 15.2 Å². The molecule has 2 rings (SSSR count). The smallest absolute Gasteiger partial charge is 0.304 e. The van der Waals surface area contributed by atoms with E-state index in [1.807, 2.05) is 5.38 Å². The minimum atomic E-state index is 0.0421. The molecule has 102 valence electrons. The number of nitrogens with zero attached hydrogens (tertiary/aromatic N) is 1. The van der Waals surface area contributed by atoms with Crippen LogP contribution >= 0.6 is 11.3 Å². The Balaban J connectivity index is 2.12. The molecule has 1 saturated heterocycles. The van der Waals surface area contributed by atoms with Gasteiger partial charge in [-0.15, -0.1) is 0 Å². The van der Waals surface area contributed by atoms with E-state index in [4.69, 9.17) is 0 Å². The first-order valence-electron chi connectivity index (χ1n) is 6.53. The Labute approximate surface area is 112 Å². The average molecular weight is 269 g/mol. The number of hydrogen-bond donors (Lipinski definition) is 2. The monoisotopic (exact) mass is 269 g/mol. The summed E-state index contributed by atoms with van der Waals surface area (Å²) in [6, 6.07) is 0.529. The molecule has 1 aliphatic heterocycles.